The monoisotopic (exact) mass is 478 g/mol. The summed E-state index contributed by atoms with van der Waals surface area (Å²) in [5.74, 6) is 1.10. The van der Waals surface area contributed by atoms with E-state index in [1.807, 2.05) is 24.3 Å². The molecule has 2 aliphatic heterocycles. The minimum Gasteiger partial charge on any atom is -0.507 e. The Labute approximate surface area is 209 Å². The molecule has 2 aliphatic rings. The summed E-state index contributed by atoms with van der Waals surface area (Å²) in [6.07, 6.45) is 11.0. The summed E-state index contributed by atoms with van der Waals surface area (Å²) >= 11 is 0. The third-order valence-corrected chi connectivity index (χ3v) is 6.79. The van der Waals surface area contributed by atoms with Gasteiger partial charge in [-0.05, 0) is 87.8 Å². The van der Waals surface area contributed by atoms with Crippen molar-refractivity contribution in [3.05, 3.63) is 59.7 Å². The fourth-order valence-corrected chi connectivity index (χ4v) is 4.70. The number of allylic oxidation sites excluding steroid dienone is 1. The van der Waals surface area contributed by atoms with E-state index in [4.69, 9.17) is 9.47 Å². The molecule has 0 bridgehead atoms. The fraction of sp³-hybridized carbons (Fsp3) is 0.483. The molecular formula is C29H38N2O4. The van der Waals surface area contributed by atoms with E-state index in [1.54, 1.807) is 18.2 Å². The first-order valence-electron chi connectivity index (χ1n) is 13.0. The normalized spacial score (nSPS) is 17.5. The van der Waals surface area contributed by atoms with Crippen molar-refractivity contribution in [1.82, 2.24) is 9.80 Å². The number of carbonyl (C=O) groups excluding carboxylic acids is 1. The van der Waals surface area contributed by atoms with Crippen molar-refractivity contribution >= 4 is 11.9 Å². The molecule has 35 heavy (non-hydrogen) atoms. The SMILES string of the molecule is O=C(/C=C/c1ccc(OCCN2CCCCC2)cc1)c1ccc(OCCN2CCCCC2)cc1O. The maximum atomic E-state index is 12.6. The molecule has 2 heterocycles. The molecule has 6 heteroatoms. The standard InChI is InChI=1S/C29H38N2O4/c32-28(27-13-12-26(23-29(27)33)35-22-20-31-17-5-2-6-18-31)14-9-24-7-10-25(11-8-24)34-21-19-30-15-3-1-4-16-30/h7-14,23,33H,1-6,15-22H2/b14-9+. The second kappa shape index (κ2) is 13.3. The molecule has 2 aromatic rings. The van der Waals surface area contributed by atoms with Crippen molar-refractivity contribution in [2.24, 2.45) is 0 Å². The van der Waals surface area contributed by atoms with Crippen LogP contribution in [0, 0.1) is 0 Å². The van der Waals surface area contributed by atoms with Crippen molar-refractivity contribution in [2.75, 3.05) is 52.5 Å². The number of aromatic hydroxyl groups is 1. The van der Waals surface area contributed by atoms with Crippen LogP contribution in [0.25, 0.3) is 6.08 Å². The highest BCUT2D eigenvalue weighted by Crippen LogP contribution is 2.25. The highest BCUT2D eigenvalue weighted by molar-refractivity contribution is 6.08. The number of ketones is 1. The summed E-state index contributed by atoms with van der Waals surface area (Å²) in [5, 5.41) is 10.4. The Balaban J connectivity index is 1.22. The fourth-order valence-electron chi connectivity index (χ4n) is 4.70. The molecule has 4 rings (SSSR count). The van der Waals surface area contributed by atoms with Gasteiger partial charge in [0.1, 0.15) is 30.5 Å². The zero-order valence-electron chi connectivity index (χ0n) is 20.7. The van der Waals surface area contributed by atoms with Gasteiger partial charge in [-0.3, -0.25) is 14.6 Å². The van der Waals surface area contributed by atoms with Crippen molar-refractivity contribution in [3.63, 3.8) is 0 Å². The van der Waals surface area contributed by atoms with Crippen LogP contribution in [0.2, 0.25) is 0 Å². The first kappa shape index (κ1) is 25.3. The summed E-state index contributed by atoms with van der Waals surface area (Å²) in [5.41, 5.74) is 1.17. The van der Waals surface area contributed by atoms with Crippen LogP contribution in [0.3, 0.4) is 0 Å². The van der Waals surface area contributed by atoms with Gasteiger partial charge in [-0.15, -0.1) is 0 Å². The zero-order valence-corrected chi connectivity index (χ0v) is 20.7. The Morgan fingerprint density at radius 1 is 0.771 bits per heavy atom. The predicted molar refractivity (Wildman–Crippen MR) is 139 cm³/mol. The van der Waals surface area contributed by atoms with E-state index in [-0.39, 0.29) is 17.1 Å². The van der Waals surface area contributed by atoms with Crippen LogP contribution >= 0.6 is 0 Å². The lowest BCUT2D eigenvalue weighted by Gasteiger charge is -2.26. The maximum absolute atomic E-state index is 12.6. The first-order chi connectivity index (χ1) is 17.2. The third kappa shape index (κ3) is 8.11. The van der Waals surface area contributed by atoms with E-state index < -0.39 is 0 Å². The summed E-state index contributed by atoms with van der Waals surface area (Å²) in [6, 6.07) is 12.6. The molecule has 1 N–H and O–H groups in total. The second-order valence-electron chi connectivity index (χ2n) is 9.45. The van der Waals surface area contributed by atoms with E-state index in [2.05, 4.69) is 9.80 Å². The lowest BCUT2D eigenvalue weighted by molar-refractivity contribution is 0.104. The van der Waals surface area contributed by atoms with Gasteiger partial charge in [-0.25, -0.2) is 0 Å². The molecule has 0 unspecified atom stereocenters. The Kier molecular flexibility index (Phi) is 9.61. The molecule has 0 atom stereocenters. The van der Waals surface area contributed by atoms with Gasteiger partial charge in [0.15, 0.2) is 5.78 Å². The van der Waals surface area contributed by atoms with Crippen molar-refractivity contribution in [2.45, 2.75) is 38.5 Å². The molecule has 0 radical (unpaired) electrons. The van der Waals surface area contributed by atoms with Gasteiger partial charge in [0, 0.05) is 19.2 Å². The van der Waals surface area contributed by atoms with Crippen LogP contribution in [0.4, 0.5) is 0 Å². The number of ether oxygens (including phenoxy) is 2. The van der Waals surface area contributed by atoms with Gasteiger partial charge in [0.25, 0.3) is 0 Å². The quantitative estimate of drug-likeness (QED) is 0.362. The number of hydrogen-bond acceptors (Lipinski definition) is 6. The van der Waals surface area contributed by atoms with Gasteiger partial charge >= 0.3 is 0 Å². The van der Waals surface area contributed by atoms with Crippen LogP contribution in [-0.4, -0.2) is 73.2 Å². The van der Waals surface area contributed by atoms with Crippen LogP contribution in [0.1, 0.15) is 54.4 Å². The molecule has 0 aliphatic carbocycles. The number of benzene rings is 2. The number of likely N-dealkylation sites (tertiary alicyclic amines) is 2. The molecule has 2 fully saturated rings. The van der Waals surface area contributed by atoms with E-state index in [9.17, 15) is 9.90 Å². The molecule has 0 aromatic heterocycles. The van der Waals surface area contributed by atoms with Gasteiger partial charge < -0.3 is 14.6 Å². The summed E-state index contributed by atoms with van der Waals surface area (Å²) < 4.78 is 11.6. The summed E-state index contributed by atoms with van der Waals surface area (Å²) in [6.45, 7) is 7.70. The average molecular weight is 479 g/mol. The zero-order chi connectivity index (χ0) is 24.3. The highest BCUT2D eigenvalue weighted by Gasteiger charge is 2.12. The van der Waals surface area contributed by atoms with Gasteiger partial charge in [-0.1, -0.05) is 31.1 Å². The Morgan fingerprint density at radius 3 is 1.89 bits per heavy atom. The molecule has 0 amide bonds. The topological polar surface area (TPSA) is 62.2 Å². The molecule has 6 nitrogen and oxygen atoms in total. The highest BCUT2D eigenvalue weighted by atomic mass is 16.5. The predicted octanol–water partition coefficient (Wildman–Crippen LogP) is 5.02. The number of carbonyl (C=O) groups is 1. The molecule has 0 saturated carbocycles. The van der Waals surface area contributed by atoms with E-state index >= 15 is 0 Å². The number of piperidine rings is 2. The molecular weight excluding hydrogens is 440 g/mol. The number of hydrogen-bond donors (Lipinski definition) is 1. The van der Waals surface area contributed by atoms with Gasteiger partial charge in [0.2, 0.25) is 0 Å². The van der Waals surface area contributed by atoms with Crippen LogP contribution in [-0.2, 0) is 0 Å². The maximum Gasteiger partial charge on any atom is 0.189 e. The average Bonchev–Trinajstić information content (AvgIpc) is 2.89. The molecule has 2 aromatic carbocycles. The third-order valence-electron chi connectivity index (χ3n) is 6.79. The number of phenols is 1. The summed E-state index contributed by atoms with van der Waals surface area (Å²) in [7, 11) is 0. The van der Waals surface area contributed by atoms with Gasteiger partial charge in [-0.2, -0.15) is 0 Å². The van der Waals surface area contributed by atoms with E-state index in [1.165, 1.54) is 63.8 Å². The minimum atomic E-state index is -0.246. The molecule has 0 spiro atoms. The lowest BCUT2D eigenvalue weighted by Crippen LogP contribution is -2.33. The van der Waals surface area contributed by atoms with E-state index in [0.717, 1.165) is 37.5 Å². The van der Waals surface area contributed by atoms with Crippen LogP contribution in [0.5, 0.6) is 17.2 Å². The number of nitrogens with zero attached hydrogens (tertiary/aromatic N) is 2. The number of phenolic OH excluding ortho intramolecular Hbond substituents is 1. The van der Waals surface area contributed by atoms with Crippen molar-refractivity contribution in [1.29, 1.82) is 0 Å². The minimum absolute atomic E-state index is 0.0624. The Bertz CT molecular complexity index is 961. The molecule has 2 saturated heterocycles. The first-order valence-corrected chi connectivity index (χ1v) is 13.0. The van der Waals surface area contributed by atoms with Crippen LogP contribution in [0.15, 0.2) is 48.5 Å². The van der Waals surface area contributed by atoms with Crippen molar-refractivity contribution < 1.29 is 19.4 Å². The Morgan fingerprint density at radius 2 is 1.31 bits per heavy atom. The Hall–Kier alpha value is -2.83. The van der Waals surface area contributed by atoms with Gasteiger partial charge in [0.05, 0.1) is 5.56 Å². The summed E-state index contributed by atoms with van der Waals surface area (Å²) in [4.78, 5) is 17.5. The van der Waals surface area contributed by atoms with E-state index in [0.29, 0.717) is 19.0 Å². The van der Waals surface area contributed by atoms with Crippen LogP contribution < -0.4 is 9.47 Å². The molecule has 188 valence electrons. The largest absolute Gasteiger partial charge is 0.507 e. The smallest absolute Gasteiger partial charge is 0.189 e. The van der Waals surface area contributed by atoms with Crippen molar-refractivity contribution in [3.8, 4) is 17.2 Å². The second-order valence-corrected chi connectivity index (χ2v) is 9.45. The number of rotatable bonds is 11. The lowest BCUT2D eigenvalue weighted by atomic mass is 10.1.